The predicted octanol–water partition coefficient (Wildman–Crippen LogP) is 0.417. The Morgan fingerprint density at radius 3 is 2.41 bits per heavy atom. The second kappa shape index (κ2) is 6.30. The van der Waals surface area contributed by atoms with Gasteiger partial charge in [-0.15, -0.1) is 0 Å². The van der Waals surface area contributed by atoms with Gasteiger partial charge in [0.2, 0.25) is 5.88 Å². The van der Waals surface area contributed by atoms with E-state index in [1.165, 1.54) is 20.3 Å². The quantitative estimate of drug-likeness (QED) is 0.829. The lowest BCUT2D eigenvalue weighted by Crippen LogP contribution is -2.38. The van der Waals surface area contributed by atoms with Crippen LogP contribution in [0, 0.1) is 0 Å². The Hall–Kier alpha value is -2.83. The van der Waals surface area contributed by atoms with Crippen LogP contribution in [0.5, 0.6) is 11.6 Å². The lowest BCUT2D eigenvalue weighted by Gasteiger charge is -2.07. The fourth-order valence-corrected chi connectivity index (χ4v) is 1.95. The van der Waals surface area contributed by atoms with E-state index in [0.29, 0.717) is 6.54 Å². The molecular weight excluding hydrogens is 286 g/mol. The first-order valence-electron chi connectivity index (χ1n) is 6.57. The van der Waals surface area contributed by atoms with Gasteiger partial charge in [-0.2, -0.15) is 0 Å². The third kappa shape index (κ3) is 2.93. The Kier molecular flexibility index (Phi) is 4.45. The van der Waals surface area contributed by atoms with Gasteiger partial charge in [-0.25, -0.2) is 4.79 Å². The predicted molar refractivity (Wildman–Crippen MR) is 82.9 cm³/mol. The molecule has 1 N–H and O–H groups in total. The molecule has 0 saturated heterocycles. The van der Waals surface area contributed by atoms with Gasteiger partial charge in [-0.1, -0.05) is 12.1 Å². The molecular formula is C15H17N3O4. The summed E-state index contributed by atoms with van der Waals surface area (Å²) >= 11 is 0. The van der Waals surface area contributed by atoms with E-state index in [1.807, 2.05) is 24.3 Å². The van der Waals surface area contributed by atoms with Gasteiger partial charge in [0.1, 0.15) is 11.3 Å². The molecule has 7 nitrogen and oxygen atoms in total. The van der Waals surface area contributed by atoms with Crippen molar-refractivity contribution in [1.82, 2.24) is 9.13 Å². The van der Waals surface area contributed by atoms with Crippen LogP contribution in [0.4, 0.5) is 0 Å². The first-order chi connectivity index (χ1) is 10.5. The minimum absolute atomic E-state index is 0.0156. The Morgan fingerprint density at radius 1 is 1.18 bits per heavy atom. The Bertz CT molecular complexity index is 816. The Balaban J connectivity index is 2.27. The van der Waals surface area contributed by atoms with Gasteiger partial charge < -0.3 is 9.84 Å². The zero-order valence-corrected chi connectivity index (χ0v) is 12.6. The average molecular weight is 303 g/mol. The summed E-state index contributed by atoms with van der Waals surface area (Å²) in [5, 5.41) is 9.89. The molecule has 0 saturated carbocycles. The van der Waals surface area contributed by atoms with Crippen molar-refractivity contribution in [3.05, 3.63) is 56.2 Å². The van der Waals surface area contributed by atoms with E-state index in [-0.39, 0.29) is 5.56 Å². The van der Waals surface area contributed by atoms with Gasteiger partial charge in [0, 0.05) is 20.3 Å². The van der Waals surface area contributed by atoms with Crippen LogP contribution in [0.25, 0.3) is 0 Å². The second-order valence-electron chi connectivity index (χ2n) is 4.76. The highest BCUT2D eigenvalue weighted by Gasteiger charge is 2.12. The van der Waals surface area contributed by atoms with Crippen LogP contribution < -0.4 is 16.0 Å². The van der Waals surface area contributed by atoms with Crippen molar-refractivity contribution in [1.29, 1.82) is 0 Å². The van der Waals surface area contributed by atoms with Crippen LogP contribution in [0.3, 0.4) is 0 Å². The van der Waals surface area contributed by atoms with E-state index in [1.54, 1.807) is 7.11 Å². The fraction of sp³-hybridized carbons (Fsp3) is 0.267. The number of aromatic nitrogens is 2. The van der Waals surface area contributed by atoms with Gasteiger partial charge in [-0.3, -0.25) is 18.9 Å². The van der Waals surface area contributed by atoms with Crippen LogP contribution in [0.2, 0.25) is 0 Å². The summed E-state index contributed by atoms with van der Waals surface area (Å²) in [6.45, 7) is 0.343. The Morgan fingerprint density at radius 2 is 1.82 bits per heavy atom. The summed E-state index contributed by atoms with van der Waals surface area (Å²) in [6.07, 6.45) is 1.28. The number of aliphatic imine (C=N–C) groups is 1. The molecule has 22 heavy (non-hydrogen) atoms. The smallest absolute Gasteiger partial charge is 0.333 e. The molecule has 0 bridgehead atoms. The SMILES string of the molecule is COc1ccc(CN=Cc2c(O)n(C)c(=O)n(C)c2=O)cc1. The molecule has 1 heterocycles. The van der Waals surface area contributed by atoms with Crippen molar-refractivity contribution in [3.8, 4) is 11.6 Å². The average Bonchev–Trinajstić information content (AvgIpc) is 2.55. The summed E-state index contributed by atoms with van der Waals surface area (Å²) in [6, 6.07) is 7.34. The van der Waals surface area contributed by atoms with E-state index in [4.69, 9.17) is 4.74 Å². The number of hydrogen-bond donors (Lipinski definition) is 1. The minimum Gasteiger partial charge on any atom is -0.497 e. The molecule has 2 rings (SSSR count). The molecule has 1 aromatic carbocycles. The summed E-state index contributed by atoms with van der Waals surface area (Å²) in [5.74, 6) is 0.351. The molecule has 0 spiro atoms. The van der Waals surface area contributed by atoms with Gasteiger partial charge >= 0.3 is 5.69 Å². The van der Waals surface area contributed by atoms with Crippen LogP contribution >= 0.6 is 0 Å². The van der Waals surface area contributed by atoms with Crippen molar-refractivity contribution in [3.63, 3.8) is 0 Å². The van der Waals surface area contributed by atoms with Gasteiger partial charge in [-0.05, 0) is 17.7 Å². The topological polar surface area (TPSA) is 85.8 Å². The summed E-state index contributed by atoms with van der Waals surface area (Å²) in [5.41, 5.74) is -0.259. The number of rotatable bonds is 4. The van der Waals surface area contributed by atoms with Crippen LogP contribution in [-0.2, 0) is 20.6 Å². The van der Waals surface area contributed by atoms with Crippen LogP contribution in [0.1, 0.15) is 11.1 Å². The van der Waals surface area contributed by atoms with E-state index in [2.05, 4.69) is 4.99 Å². The standard InChI is InChI=1S/C15H17N3O4/c1-17-13(19)12(14(20)18(2)15(17)21)9-16-8-10-4-6-11(22-3)7-5-10/h4-7,9,19H,8H2,1-3H3. The number of benzene rings is 1. The largest absolute Gasteiger partial charge is 0.497 e. The van der Waals surface area contributed by atoms with Crippen molar-refractivity contribution in [2.45, 2.75) is 6.54 Å². The number of aromatic hydroxyl groups is 1. The molecule has 0 aliphatic carbocycles. The molecule has 7 heteroatoms. The zero-order valence-electron chi connectivity index (χ0n) is 12.6. The minimum atomic E-state index is -0.588. The number of ether oxygens (including phenoxy) is 1. The molecule has 0 unspecified atom stereocenters. The maximum absolute atomic E-state index is 12.0. The van der Waals surface area contributed by atoms with Crippen LogP contribution in [-0.4, -0.2) is 27.6 Å². The summed E-state index contributed by atoms with van der Waals surface area (Å²) in [7, 11) is 4.33. The maximum Gasteiger partial charge on any atom is 0.333 e. The first-order valence-corrected chi connectivity index (χ1v) is 6.57. The number of hydrogen-bond acceptors (Lipinski definition) is 5. The van der Waals surface area contributed by atoms with E-state index >= 15 is 0 Å². The Labute approximate surface area is 126 Å². The van der Waals surface area contributed by atoms with E-state index < -0.39 is 17.1 Å². The molecule has 0 aliphatic heterocycles. The lowest BCUT2D eigenvalue weighted by atomic mass is 10.2. The van der Waals surface area contributed by atoms with Crippen molar-refractivity contribution >= 4 is 6.21 Å². The monoisotopic (exact) mass is 303 g/mol. The van der Waals surface area contributed by atoms with Gasteiger partial charge in [0.25, 0.3) is 5.56 Å². The third-order valence-corrected chi connectivity index (χ3v) is 3.32. The number of nitrogens with zero attached hydrogens (tertiary/aromatic N) is 3. The second-order valence-corrected chi connectivity index (χ2v) is 4.76. The van der Waals surface area contributed by atoms with Crippen molar-refractivity contribution in [2.75, 3.05) is 7.11 Å². The molecule has 2 aromatic rings. The first kappa shape index (κ1) is 15.6. The van der Waals surface area contributed by atoms with Crippen molar-refractivity contribution < 1.29 is 9.84 Å². The molecule has 0 amide bonds. The molecule has 1 aromatic heterocycles. The molecule has 0 aliphatic rings. The van der Waals surface area contributed by atoms with Crippen molar-refractivity contribution in [2.24, 2.45) is 19.1 Å². The third-order valence-electron chi connectivity index (χ3n) is 3.32. The fourth-order valence-electron chi connectivity index (χ4n) is 1.95. The molecule has 0 radical (unpaired) electrons. The molecule has 0 fully saturated rings. The van der Waals surface area contributed by atoms with Gasteiger partial charge in [0.15, 0.2) is 0 Å². The lowest BCUT2D eigenvalue weighted by molar-refractivity contribution is 0.410. The van der Waals surface area contributed by atoms with E-state index in [0.717, 1.165) is 20.4 Å². The highest BCUT2D eigenvalue weighted by atomic mass is 16.5. The number of methoxy groups -OCH3 is 1. The normalized spacial score (nSPS) is 11.0. The highest BCUT2D eigenvalue weighted by Crippen LogP contribution is 2.12. The maximum atomic E-state index is 12.0. The summed E-state index contributed by atoms with van der Waals surface area (Å²) in [4.78, 5) is 27.7. The highest BCUT2D eigenvalue weighted by molar-refractivity contribution is 5.81. The zero-order chi connectivity index (χ0) is 16.3. The molecule has 0 atom stereocenters. The van der Waals surface area contributed by atoms with Crippen LogP contribution in [0.15, 0.2) is 38.8 Å². The summed E-state index contributed by atoms with van der Waals surface area (Å²) < 4.78 is 6.99. The molecule has 116 valence electrons. The van der Waals surface area contributed by atoms with E-state index in [9.17, 15) is 14.7 Å². The van der Waals surface area contributed by atoms with Gasteiger partial charge in [0.05, 0.1) is 13.7 Å².